The molecular formula is C22H39NO16S. The van der Waals surface area contributed by atoms with E-state index in [4.69, 9.17) is 28.4 Å². The van der Waals surface area contributed by atoms with Crippen molar-refractivity contribution in [1.82, 2.24) is 5.32 Å². The molecule has 0 aliphatic carbocycles. The number of carbonyl (C=O) groups excluding carboxylic acids is 1. The van der Waals surface area contributed by atoms with Crippen LogP contribution in [0.2, 0.25) is 0 Å². The number of thiol groups is 1. The first-order chi connectivity index (χ1) is 19.0. The zero-order valence-corrected chi connectivity index (χ0v) is 22.4. The smallest absolute Gasteiger partial charge is 0.217 e. The Labute approximate surface area is 234 Å². The lowest BCUT2D eigenvalue weighted by Crippen LogP contribution is -2.68. The van der Waals surface area contributed by atoms with E-state index in [0.29, 0.717) is 0 Å². The van der Waals surface area contributed by atoms with Gasteiger partial charge in [0.15, 0.2) is 18.9 Å². The van der Waals surface area contributed by atoms with E-state index in [0.717, 1.165) is 0 Å². The highest BCUT2D eigenvalue weighted by molar-refractivity contribution is 7.80. The van der Waals surface area contributed by atoms with Crippen molar-refractivity contribution >= 4 is 18.5 Å². The van der Waals surface area contributed by atoms with Crippen LogP contribution in [0.1, 0.15) is 6.92 Å². The van der Waals surface area contributed by atoms with Crippen molar-refractivity contribution in [3.63, 3.8) is 0 Å². The summed E-state index contributed by atoms with van der Waals surface area (Å²) >= 11 is 4.04. The number of aliphatic hydroxyl groups excluding tert-OH is 9. The molecule has 3 heterocycles. The molecule has 234 valence electrons. The average molecular weight is 606 g/mol. The van der Waals surface area contributed by atoms with Gasteiger partial charge in [0, 0.05) is 12.7 Å². The van der Waals surface area contributed by atoms with Gasteiger partial charge in [-0.15, -0.1) is 0 Å². The van der Waals surface area contributed by atoms with Crippen molar-refractivity contribution in [2.24, 2.45) is 0 Å². The second kappa shape index (κ2) is 15.1. The lowest BCUT2D eigenvalue weighted by Gasteiger charge is -2.48. The predicted octanol–water partition coefficient (Wildman–Crippen LogP) is -6.48. The Morgan fingerprint density at radius 2 is 1.23 bits per heavy atom. The van der Waals surface area contributed by atoms with Gasteiger partial charge < -0.3 is 79.7 Å². The van der Waals surface area contributed by atoms with Crippen molar-refractivity contribution in [3.8, 4) is 0 Å². The first-order valence-corrected chi connectivity index (χ1v) is 13.3. The first kappa shape index (κ1) is 33.7. The standard InChI is InChI=1S/C22H39NO16S/c1-7(27)23-11-14(30)18(10(6-26)37-20(11)34-2-3-40)38-22-17(33)19(13(29)9(5-25)36-22)39-21-16(32)15(31)12(28)8(4-24)35-21/h8-22,24-26,28-33,40H,2-6H2,1H3,(H,23,27)/t8?,9?,10?,11?,12-,13-,14?,15?,16?,17?,18+,19?,20+,21+,22-/m0/s1. The van der Waals surface area contributed by atoms with Crippen LogP contribution in [-0.4, -0.2) is 176 Å². The third kappa shape index (κ3) is 7.40. The highest BCUT2D eigenvalue weighted by Crippen LogP contribution is 2.32. The van der Waals surface area contributed by atoms with Crippen LogP contribution in [0.15, 0.2) is 0 Å². The summed E-state index contributed by atoms with van der Waals surface area (Å²) in [4.78, 5) is 11.8. The first-order valence-electron chi connectivity index (χ1n) is 12.7. The molecule has 15 atom stereocenters. The summed E-state index contributed by atoms with van der Waals surface area (Å²) in [5, 5.41) is 94.7. The van der Waals surface area contributed by atoms with E-state index in [2.05, 4.69) is 17.9 Å². The highest BCUT2D eigenvalue weighted by Gasteiger charge is 2.54. The van der Waals surface area contributed by atoms with E-state index in [1.807, 2.05) is 0 Å². The van der Waals surface area contributed by atoms with Crippen molar-refractivity contribution in [1.29, 1.82) is 0 Å². The summed E-state index contributed by atoms with van der Waals surface area (Å²) in [7, 11) is 0. The molecule has 0 radical (unpaired) electrons. The minimum absolute atomic E-state index is 0.0811. The molecule has 10 N–H and O–H groups in total. The SMILES string of the molecule is CC(=O)NC1C(O)[C@H](O[C@@H]2OC(CO)[C@H](O)C(O[C@H]3OC(CO)[C@H](O)C(O)C3O)C2O)C(CO)O[C@H]1OCCS. The van der Waals surface area contributed by atoms with Gasteiger partial charge in [-0.3, -0.25) is 4.79 Å². The van der Waals surface area contributed by atoms with Crippen molar-refractivity contribution in [2.75, 3.05) is 32.2 Å². The molecule has 9 unspecified atom stereocenters. The summed E-state index contributed by atoms with van der Waals surface area (Å²) in [5.74, 6) is -0.256. The van der Waals surface area contributed by atoms with Crippen LogP contribution in [-0.2, 0) is 33.2 Å². The third-order valence-corrected chi connectivity index (χ3v) is 7.03. The fourth-order valence-electron chi connectivity index (χ4n) is 4.75. The van der Waals surface area contributed by atoms with Gasteiger partial charge in [-0.2, -0.15) is 12.6 Å². The lowest BCUT2D eigenvalue weighted by atomic mass is 9.95. The normalized spacial score (nSPS) is 46.2. The van der Waals surface area contributed by atoms with E-state index < -0.39 is 118 Å². The Morgan fingerprint density at radius 1 is 0.700 bits per heavy atom. The molecule has 0 aromatic heterocycles. The second-order valence-electron chi connectivity index (χ2n) is 9.64. The Bertz CT molecular complexity index is 798. The van der Waals surface area contributed by atoms with Crippen LogP contribution in [0.3, 0.4) is 0 Å². The molecule has 3 fully saturated rings. The summed E-state index contributed by atoms with van der Waals surface area (Å²) in [5.41, 5.74) is 0. The number of hydrogen-bond donors (Lipinski definition) is 11. The van der Waals surface area contributed by atoms with E-state index in [1.165, 1.54) is 6.92 Å². The van der Waals surface area contributed by atoms with Gasteiger partial charge in [0.2, 0.25) is 5.91 Å². The number of rotatable bonds is 11. The quantitative estimate of drug-likeness (QED) is 0.0978. The van der Waals surface area contributed by atoms with E-state index >= 15 is 0 Å². The van der Waals surface area contributed by atoms with Crippen LogP contribution in [0.25, 0.3) is 0 Å². The fraction of sp³-hybridized carbons (Fsp3) is 0.955. The van der Waals surface area contributed by atoms with Crippen LogP contribution < -0.4 is 5.32 Å². The third-order valence-electron chi connectivity index (χ3n) is 6.85. The predicted molar refractivity (Wildman–Crippen MR) is 130 cm³/mol. The monoisotopic (exact) mass is 605 g/mol. The van der Waals surface area contributed by atoms with E-state index in [-0.39, 0.29) is 12.4 Å². The van der Waals surface area contributed by atoms with Crippen molar-refractivity contribution < 1.29 is 79.2 Å². The van der Waals surface area contributed by atoms with Crippen LogP contribution in [0.5, 0.6) is 0 Å². The molecule has 1 amide bonds. The summed E-state index contributed by atoms with van der Waals surface area (Å²) in [6, 6.07) is -1.19. The zero-order chi connectivity index (χ0) is 29.7. The number of hydrogen-bond acceptors (Lipinski definition) is 17. The van der Waals surface area contributed by atoms with Gasteiger partial charge in [0.25, 0.3) is 0 Å². The maximum atomic E-state index is 11.8. The van der Waals surface area contributed by atoms with Crippen LogP contribution in [0, 0.1) is 0 Å². The van der Waals surface area contributed by atoms with Crippen molar-refractivity contribution in [2.45, 2.75) is 99.0 Å². The number of aliphatic hydroxyl groups is 9. The van der Waals surface area contributed by atoms with Crippen molar-refractivity contribution in [3.05, 3.63) is 0 Å². The van der Waals surface area contributed by atoms with Gasteiger partial charge in [0.05, 0.1) is 26.4 Å². The molecular weight excluding hydrogens is 566 g/mol. The molecule has 0 aromatic rings. The zero-order valence-electron chi connectivity index (χ0n) is 21.5. The molecule has 0 aromatic carbocycles. The number of nitrogens with one attached hydrogen (secondary N) is 1. The van der Waals surface area contributed by atoms with Gasteiger partial charge in [-0.25, -0.2) is 0 Å². The fourth-order valence-corrected chi connectivity index (χ4v) is 4.86. The molecule has 18 heteroatoms. The lowest BCUT2D eigenvalue weighted by molar-refractivity contribution is -0.375. The summed E-state index contributed by atoms with van der Waals surface area (Å²) in [6.45, 7) is -0.986. The summed E-state index contributed by atoms with van der Waals surface area (Å²) in [6.07, 6.45) is -22.5. The largest absolute Gasteiger partial charge is 0.394 e. The topological polar surface area (TPSA) is 267 Å². The molecule has 40 heavy (non-hydrogen) atoms. The Morgan fingerprint density at radius 3 is 1.77 bits per heavy atom. The minimum atomic E-state index is -1.89. The number of amides is 1. The molecule has 3 rings (SSSR count). The maximum Gasteiger partial charge on any atom is 0.217 e. The molecule has 3 aliphatic rings. The van der Waals surface area contributed by atoms with E-state index in [9.17, 15) is 50.8 Å². The molecule has 0 bridgehead atoms. The molecule has 0 saturated carbocycles. The number of ether oxygens (including phenoxy) is 6. The Kier molecular flexibility index (Phi) is 12.7. The molecule has 3 saturated heterocycles. The minimum Gasteiger partial charge on any atom is -0.394 e. The molecule has 0 spiro atoms. The molecule has 17 nitrogen and oxygen atoms in total. The number of carbonyl (C=O) groups is 1. The van der Waals surface area contributed by atoms with Gasteiger partial charge in [0.1, 0.15) is 73.2 Å². The molecule has 3 aliphatic heterocycles. The maximum absolute atomic E-state index is 11.8. The van der Waals surface area contributed by atoms with Gasteiger partial charge in [-0.05, 0) is 0 Å². The Hall–Kier alpha value is -0.780. The van der Waals surface area contributed by atoms with Gasteiger partial charge in [-0.1, -0.05) is 0 Å². The average Bonchev–Trinajstić information content (AvgIpc) is 2.93. The van der Waals surface area contributed by atoms with Crippen LogP contribution >= 0.6 is 12.6 Å². The summed E-state index contributed by atoms with van der Waals surface area (Å²) < 4.78 is 33.3. The Balaban J connectivity index is 1.81. The van der Waals surface area contributed by atoms with Gasteiger partial charge >= 0.3 is 0 Å². The van der Waals surface area contributed by atoms with E-state index in [1.54, 1.807) is 0 Å². The van der Waals surface area contributed by atoms with Crippen LogP contribution in [0.4, 0.5) is 0 Å². The second-order valence-corrected chi connectivity index (χ2v) is 10.1. The highest BCUT2D eigenvalue weighted by atomic mass is 32.1.